The van der Waals surface area contributed by atoms with E-state index >= 15 is 0 Å². The van der Waals surface area contributed by atoms with E-state index in [1.165, 1.54) is 23.3 Å². The second-order valence-electron chi connectivity index (χ2n) is 5.84. The fourth-order valence-corrected chi connectivity index (χ4v) is 3.73. The Hall–Kier alpha value is -1.82. The maximum atomic E-state index is 12.1. The molecule has 0 saturated heterocycles. The molecule has 0 saturated carbocycles. The summed E-state index contributed by atoms with van der Waals surface area (Å²) < 4.78 is 6.50. The Bertz CT molecular complexity index is 927. The third kappa shape index (κ3) is 4.87. The number of carbonyl (C=O) groups is 1. The first-order chi connectivity index (χ1) is 12.5. The topological polar surface area (TPSA) is 51.2 Å². The second-order valence-corrected chi connectivity index (χ2v) is 7.71. The number of hydrogen-bond donors (Lipinski definition) is 1. The highest BCUT2D eigenvalue weighted by atomic mass is 35.5. The summed E-state index contributed by atoms with van der Waals surface area (Å²) in [6.45, 7) is 2.01. The average Bonchev–Trinajstić information content (AvgIpc) is 3.02. The van der Waals surface area contributed by atoms with Gasteiger partial charge in [0.25, 0.3) is 5.91 Å². The molecule has 3 rings (SSSR count). The first-order valence-corrected chi connectivity index (χ1v) is 9.89. The van der Waals surface area contributed by atoms with Gasteiger partial charge in [-0.2, -0.15) is 0 Å². The Morgan fingerprint density at radius 3 is 2.88 bits per heavy atom. The van der Waals surface area contributed by atoms with Crippen molar-refractivity contribution in [3.8, 4) is 5.75 Å². The van der Waals surface area contributed by atoms with E-state index in [1.54, 1.807) is 18.2 Å². The fraction of sp³-hybridized carbons (Fsp3) is 0.263. The second kappa shape index (κ2) is 8.71. The molecule has 7 heteroatoms. The predicted octanol–water partition coefficient (Wildman–Crippen LogP) is 5.96. The molecule has 0 aliphatic carbocycles. The number of fused-ring (bicyclic) bond motifs is 1. The van der Waals surface area contributed by atoms with Gasteiger partial charge in [-0.05, 0) is 42.7 Å². The van der Waals surface area contributed by atoms with Crippen molar-refractivity contribution in [3.05, 3.63) is 52.0 Å². The lowest BCUT2D eigenvalue weighted by molar-refractivity contribution is -0.118. The van der Waals surface area contributed by atoms with Gasteiger partial charge >= 0.3 is 0 Å². The number of nitrogens with one attached hydrogen (secondary N) is 1. The number of aryl methyl sites for hydroxylation is 1. The van der Waals surface area contributed by atoms with Crippen LogP contribution in [-0.4, -0.2) is 17.5 Å². The summed E-state index contributed by atoms with van der Waals surface area (Å²) in [4.78, 5) is 16.6. The van der Waals surface area contributed by atoms with E-state index < -0.39 is 0 Å². The van der Waals surface area contributed by atoms with Crippen LogP contribution in [0.4, 0.5) is 5.13 Å². The van der Waals surface area contributed by atoms with Gasteiger partial charge in [-0.15, -0.1) is 0 Å². The van der Waals surface area contributed by atoms with E-state index in [4.69, 9.17) is 27.9 Å². The SMILES string of the molecule is CCCCc1ccc2nc(NC(=O)COc3cc(Cl)ccc3Cl)sc2c1. The number of anilines is 1. The molecule has 1 aromatic heterocycles. The minimum Gasteiger partial charge on any atom is -0.482 e. The first-order valence-electron chi connectivity index (χ1n) is 8.32. The van der Waals surface area contributed by atoms with Gasteiger partial charge in [0.2, 0.25) is 0 Å². The summed E-state index contributed by atoms with van der Waals surface area (Å²) in [5.41, 5.74) is 2.17. The van der Waals surface area contributed by atoms with Gasteiger partial charge in [-0.3, -0.25) is 10.1 Å². The smallest absolute Gasteiger partial charge is 0.264 e. The van der Waals surface area contributed by atoms with Crippen LogP contribution in [0.15, 0.2) is 36.4 Å². The number of unbranched alkanes of at least 4 members (excludes halogenated alkanes) is 1. The number of amides is 1. The molecule has 0 bridgehead atoms. The zero-order chi connectivity index (χ0) is 18.5. The Morgan fingerprint density at radius 2 is 2.08 bits per heavy atom. The van der Waals surface area contributed by atoms with Gasteiger partial charge in [0.1, 0.15) is 5.75 Å². The van der Waals surface area contributed by atoms with Crippen molar-refractivity contribution in [2.24, 2.45) is 0 Å². The van der Waals surface area contributed by atoms with Gasteiger partial charge in [0.05, 0.1) is 15.2 Å². The van der Waals surface area contributed by atoms with Crippen LogP contribution < -0.4 is 10.1 Å². The molecule has 0 aliphatic rings. The number of nitrogens with zero attached hydrogens (tertiary/aromatic N) is 1. The van der Waals surface area contributed by atoms with Crippen LogP contribution in [0.1, 0.15) is 25.3 Å². The molecule has 0 radical (unpaired) electrons. The highest BCUT2D eigenvalue weighted by Crippen LogP contribution is 2.29. The number of thiazole rings is 1. The maximum absolute atomic E-state index is 12.1. The summed E-state index contributed by atoms with van der Waals surface area (Å²) in [6, 6.07) is 11.1. The van der Waals surface area contributed by atoms with Crippen LogP contribution in [0.3, 0.4) is 0 Å². The molecule has 0 spiro atoms. The third-order valence-electron chi connectivity index (χ3n) is 3.77. The number of carbonyl (C=O) groups excluding carboxylic acids is 1. The number of benzene rings is 2. The van der Waals surface area contributed by atoms with Gasteiger partial charge in [0.15, 0.2) is 11.7 Å². The molecule has 2 aromatic carbocycles. The van der Waals surface area contributed by atoms with E-state index in [9.17, 15) is 4.79 Å². The van der Waals surface area contributed by atoms with Crippen molar-refractivity contribution in [1.29, 1.82) is 0 Å². The number of hydrogen-bond acceptors (Lipinski definition) is 4. The highest BCUT2D eigenvalue weighted by molar-refractivity contribution is 7.22. The van der Waals surface area contributed by atoms with Gasteiger partial charge in [0, 0.05) is 11.1 Å². The summed E-state index contributed by atoms with van der Waals surface area (Å²) in [6.07, 6.45) is 3.39. The molecule has 1 amide bonds. The number of aromatic nitrogens is 1. The summed E-state index contributed by atoms with van der Waals surface area (Å²) in [7, 11) is 0. The lowest BCUT2D eigenvalue weighted by Crippen LogP contribution is -2.20. The van der Waals surface area contributed by atoms with Crippen LogP contribution in [0.2, 0.25) is 10.0 Å². The van der Waals surface area contributed by atoms with E-state index in [0.717, 1.165) is 23.1 Å². The standard InChI is InChI=1S/C19H18Cl2N2O2S/c1-2-3-4-12-5-8-15-17(9-12)26-19(22-15)23-18(24)11-25-16-10-13(20)6-7-14(16)21/h5-10H,2-4,11H2,1H3,(H,22,23,24). The fourth-order valence-electron chi connectivity index (χ4n) is 2.45. The van der Waals surface area contributed by atoms with E-state index in [0.29, 0.717) is 20.9 Å². The normalized spacial score (nSPS) is 10.9. The largest absolute Gasteiger partial charge is 0.482 e. The van der Waals surface area contributed by atoms with Crippen molar-refractivity contribution in [1.82, 2.24) is 4.98 Å². The number of halogens is 2. The van der Waals surface area contributed by atoms with Gasteiger partial charge in [-0.25, -0.2) is 4.98 Å². The summed E-state index contributed by atoms with van der Waals surface area (Å²) in [5, 5.41) is 4.22. The number of rotatable bonds is 7. The molecule has 0 unspecified atom stereocenters. The van der Waals surface area contributed by atoms with Crippen LogP contribution in [0, 0.1) is 0 Å². The molecular formula is C19H18Cl2N2O2S. The van der Waals surface area contributed by atoms with Gasteiger partial charge < -0.3 is 4.74 Å². The first kappa shape index (κ1) is 19.0. The quantitative estimate of drug-likeness (QED) is 0.524. The molecule has 1 heterocycles. The molecule has 4 nitrogen and oxygen atoms in total. The summed E-state index contributed by atoms with van der Waals surface area (Å²) in [5.74, 6) is 0.0745. The monoisotopic (exact) mass is 408 g/mol. The van der Waals surface area contributed by atoms with Crippen molar-refractivity contribution in [2.75, 3.05) is 11.9 Å². The Kier molecular flexibility index (Phi) is 6.35. The zero-order valence-electron chi connectivity index (χ0n) is 14.2. The molecule has 3 aromatic rings. The predicted molar refractivity (Wildman–Crippen MR) is 109 cm³/mol. The van der Waals surface area contributed by atoms with Crippen LogP contribution in [-0.2, 0) is 11.2 Å². The lowest BCUT2D eigenvalue weighted by Gasteiger charge is -2.07. The van der Waals surface area contributed by atoms with Crippen molar-refractivity contribution in [2.45, 2.75) is 26.2 Å². The van der Waals surface area contributed by atoms with Crippen LogP contribution in [0.25, 0.3) is 10.2 Å². The van der Waals surface area contributed by atoms with E-state index in [2.05, 4.69) is 29.4 Å². The van der Waals surface area contributed by atoms with Crippen molar-refractivity contribution in [3.63, 3.8) is 0 Å². The van der Waals surface area contributed by atoms with Crippen LogP contribution in [0.5, 0.6) is 5.75 Å². The average molecular weight is 409 g/mol. The van der Waals surface area contributed by atoms with Gasteiger partial charge in [-0.1, -0.05) is 53.9 Å². The van der Waals surface area contributed by atoms with Crippen molar-refractivity contribution < 1.29 is 9.53 Å². The van der Waals surface area contributed by atoms with E-state index in [-0.39, 0.29) is 12.5 Å². The number of ether oxygens (including phenoxy) is 1. The highest BCUT2D eigenvalue weighted by Gasteiger charge is 2.10. The lowest BCUT2D eigenvalue weighted by atomic mass is 10.1. The zero-order valence-corrected chi connectivity index (χ0v) is 16.5. The Balaban J connectivity index is 1.62. The Morgan fingerprint density at radius 1 is 1.23 bits per heavy atom. The molecular weight excluding hydrogens is 391 g/mol. The van der Waals surface area contributed by atoms with Crippen LogP contribution >= 0.6 is 34.5 Å². The van der Waals surface area contributed by atoms with Crippen molar-refractivity contribution >= 4 is 55.8 Å². The van der Waals surface area contributed by atoms with E-state index in [1.807, 2.05) is 6.07 Å². The minimum absolute atomic E-state index is 0.169. The molecule has 136 valence electrons. The minimum atomic E-state index is -0.300. The maximum Gasteiger partial charge on any atom is 0.264 e. The molecule has 0 atom stereocenters. The molecule has 0 aliphatic heterocycles. The Labute approximate surface area is 166 Å². The summed E-state index contributed by atoms with van der Waals surface area (Å²) >= 11 is 13.4. The molecule has 26 heavy (non-hydrogen) atoms. The molecule has 0 fully saturated rings. The third-order valence-corrected chi connectivity index (χ3v) is 5.25. The molecule has 1 N–H and O–H groups in total.